The zero-order valence-electron chi connectivity index (χ0n) is 9.00. The van der Waals surface area contributed by atoms with Crippen molar-refractivity contribution in [3.63, 3.8) is 0 Å². The highest BCUT2D eigenvalue weighted by Gasteiger charge is 2.17. The van der Waals surface area contributed by atoms with E-state index in [1.807, 2.05) is 0 Å². The number of anilines is 1. The Bertz CT molecular complexity index is 402. The fourth-order valence-corrected chi connectivity index (χ4v) is 1.78. The van der Waals surface area contributed by atoms with Gasteiger partial charge in [-0.15, -0.1) is 0 Å². The Kier molecular flexibility index (Phi) is 3.08. The van der Waals surface area contributed by atoms with Gasteiger partial charge in [0.15, 0.2) is 0 Å². The van der Waals surface area contributed by atoms with Gasteiger partial charge in [0.05, 0.1) is 5.56 Å². The highest BCUT2D eigenvalue weighted by molar-refractivity contribution is 5.94. The van der Waals surface area contributed by atoms with E-state index in [2.05, 4.69) is 5.32 Å². The highest BCUT2D eigenvalue weighted by Crippen LogP contribution is 2.26. The van der Waals surface area contributed by atoms with Crippen molar-refractivity contribution in [1.29, 1.82) is 0 Å². The zero-order chi connectivity index (χ0) is 11.5. The number of nitrogens with one attached hydrogen (secondary N) is 1. The van der Waals surface area contributed by atoms with Gasteiger partial charge in [-0.2, -0.15) is 0 Å². The highest BCUT2D eigenvalue weighted by atomic mass is 19.1. The van der Waals surface area contributed by atoms with E-state index in [-0.39, 0.29) is 5.56 Å². The molecule has 1 aromatic rings. The molecule has 0 unspecified atom stereocenters. The van der Waals surface area contributed by atoms with E-state index < -0.39 is 11.7 Å². The zero-order valence-corrected chi connectivity index (χ0v) is 9.00. The summed E-state index contributed by atoms with van der Waals surface area (Å²) in [6.45, 7) is 0.879. The average molecular weight is 222 g/mol. The van der Waals surface area contributed by atoms with Crippen molar-refractivity contribution in [1.82, 2.24) is 0 Å². The number of hydrogen-bond acceptors (Lipinski definition) is 2. The Hall–Kier alpha value is -1.58. The summed E-state index contributed by atoms with van der Waals surface area (Å²) in [5.41, 5.74) is 5.77. The number of hydrogen-bond donors (Lipinski definition) is 2. The first-order valence-electron chi connectivity index (χ1n) is 5.50. The standard InChI is InChI=1S/C12H15FN2O/c13-11-5-4-9(6-10(11)12(14)16)15-7-8-2-1-3-8/h4-6,8,15H,1-3,7H2,(H2,14,16). The second-order valence-electron chi connectivity index (χ2n) is 4.24. The summed E-state index contributed by atoms with van der Waals surface area (Å²) in [4.78, 5) is 10.9. The van der Waals surface area contributed by atoms with Gasteiger partial charge in [0.25, 0.3) is 5.91 Å². The third kappa shape index (κ3) is 2.32. The first kappa shape index (κ1) is 10.9. The molecule has 0 spiro atoms. The monoisotopic (exact) mass is 222 g/mol. The number of carbonyl (C=O) groups excluding carboxylic acids is 1. The molecule has 1 saturated carbocycles. The van der Waals surface area contributed by atoms with Crippen LogP contribution in [0.25, 0.3) is 0 Å². The molecule has 1 aliphatic carbocycles. The Morgan fingerprint density at radius 3 is 2.81 bits per heavy atom. The van der Waals surface area contributed by atoms with Gasteiger partial charge in [0, 0.05) is 12.2 Å². The molecule has 0 heterocycles. The van der Waals surface area contributed by atoms with Gasteiger partial charge >= 0.3 is 0 Å². The van der Waals surface area contributed by atoms with Crippen LogP contribution in [0.2, 0.25) is 0 Å². The van der Waals surface area contributed by atoms with Crippen LogP contribution >= 0.6 is 0 Å². The number of nitrogens with two attached hydrogens (primary N) is 1. The molecule has 3 nitrogen and oxygen atoms in total. The van der Waals surface area contributed by atoms with Gasteiger partial charge in [-0.1, -0.05) is 6.42 Å². The smallest absolute Gasteiger partial charge is 0.251 e. The molecule has 0 atom stereocenters. The van der Waals surface area contributed by atoms with Gasteiger partial charge in [-0.25, -0.2) is 4.39 Å². The summed E-state index contributed by atoms with van der Waals surface area (Å²) in [5, 5.41) is 3.19. The minimum Gasteiger partial charge on any atom is -0.385 e. The van der Waals surface area contributed by atoms with Crippen molar-refractivity contribution < 1.29 is 9.18 Å². The number of halogens is 1. The predicted molar refractivity (Wildman–Crippen MR) is 60.7 cm³/mol. The molecule has 1 amide bonds. The van der Waals surface area contributed by atoms with E-state index in [0.717, 1.165) is 12.2 Å². The molecule has 4 heteroatoms. The average Bonchev–Trinajstić information content (AvgIpc) is 2.17. The van der Waals surface area contributed by atoms with E-state index in [1.54, 1.807) is 6.07 Å². The maximum Gasteiger partial charge on any atom is 0.251 e. The fraction of sp³-hybridized carbons (Fsp3) is 0.417. The van der Waals surface area contributed by atoms with Crippen LogP contribution in [-0.4, -0.2) is 12.5 Å². The predicted octanol–water partition coefficient (Wildman–Crippen LogP) is 2.14. The quantitative estimate of drug-likeness (QED) is 0.820. The van der Waals surface area contributed by atoms with Crippen LogP contribution in [0.1, 0.15) is 29.6 Å². The minimum absolute atomic E-state index is 0.0568. The first-order valence-corrected chi connectivity index (χ1v) is 5.50. The van der Waals surface area contributed by atoms with E-state index in [0.29, 0.717) is 5.92 Å². The summed E-state index contributed by atoms with van der Waals surface area (Å²) in [6.07, 6.45) is 3.79. The van der Waals surface area contributed by atoms with E-state index in [9.17, 15) is 9.18 Å². The van der Waals surface area contributed by atoms with Crippen LogP contribution in [0.15, 0.2) is 18.2 Å². The number of rotatable bonds is 4. The Morgan fingerprint density at radius 2 is 2.25 bits per heavy atom. The Morgan fingerprint density at radius 1 is 1.50 bits per heavy atom. The maximum atomic E-state index is 13.2. The SMILES string of the molecule is NC(=O)c1cc(NCC2CCC2)ccc1F. The van der Waals surface area contributed by atoms with Crippen molar-refractivity contribution in [2.75, 3.05) is 11.9 Å². The van der Waals surface area contributed by atoms with Crippen molar-refractivity contribution in [2.45, 2.75) is 19.3 Å². The van der Waals surface area contributed by atoms with Crippen LogP contribution in [-0.2, 0) is 0 Å². The molecule has 1 fully saturated rings. The lowest BCUT2D eigenvalue weighted by molar-refractivity contribution is 0.0996. The fourth-order valence-electron chi connectivity index (χ4n) is 1.78. The van der Waals surface area contributed by atoms with Crippen molar-refractivity contribution >= 4 is 11.6 Å². The molecule has 0 aliphatic heterocycles. The van der Waals surface area contributed by atoms with E-state index >= 15 is 0 Å². The second kappa shape index (κ2) is 4.51. The Balaban J connectivity index is 2.03. The minimum atomic E-state index is -0.732. The van der Waals surface area contributed by atoms with Crippen molar-refractivity contribution in [3.05, 3.63) is 29.6 Å². The molecule has 86 valence electrons. The molecule has 1 aliphatic rings. The maximum absolute atomic E-state index is 13.2. The summed E-state index contributed by atoms with van der Waals surface area (Å²) in [5.74, 6) is -0.589. The van der Waals surface area contributed by atoms with Crippen LogP contribution < -0.4 is 11.1 Å². The van der Waals surface area contributed by atoms with Crippen LogP contribution in [0.3, 0.4) is 0 Å². The second-order valence-corrected chi connectivity index (χ2v) is 4.24. The number of amides is 1. The summed E-state index contributed by atoms with van der Waals surface area (Å²) in [6, 6.07) is 4.36. The molecule has 16 heavy (non-hydrogen) atoms. The van der Waals surface area contributed by atoms with Crippen LogP contribution in [0.5, 0.6) is 0 Å². The lowest BCUT2D eigenvalue weighted by atomic mass is 9.85. The third-order valence-corrected chi connectivity index (χ3v) is 3.05. The molecule has 0 radical (unpaired) electrons. The van der Waals surface area contributed by atoms with Gasteiger partial charge in [-0.3, -0.25) is 4.79 Å². The molecule has 0 bridgehead atoms. The van der Waals surface area contributed by atoms with Gasteiger partial charge in [0.2, 0.25) is 0 Å². The number of benzene rings is 1. The molecule has 0 aromatic heterocycles. The van der Waals surface area contributed by atoms with Gasteiger partial charge in [-0.05, 0) is 37.0 Å². The summed E-state index contributed by atoms with van der Waals surface area (Å²) < 4.78 is 13.2. The summed E-state index contributed by atoms with van der Waals surface area (Å²) in [7, 11) is 0. The van der Waals surface area contributed by atoms with Crippen LogP contribution in [0.4, 0.5) is 10.1 Å². The van der Waals surface area contributed by atoms with Gasteiger partial charge < -0.3 is 11.1 Å². The third-order valence-electron chi connectivity index (χ3n) is 3.05. The molecule has 1 aromatic carbocycles. The van der Waals surface area contributed by atoms with Crippen molar-refractivity contribution in [3.8, 4) is 0 Å². The van der Waals surface area contributed by atoms with E-state index in [1.165, 1.54) is 31.4 Å². The lowest BCUT2D eigenvalue weighted by Crippen LogP contribution is -2.21. The van der Waals surface area contributed by atoms with Crippen LogP contribution in [0, 0.1) is 11.7 Å². The largest absolute Gasteiger partial charge is 0.385 e. The molecular formula is C12H15FN2O. The molecular weight excluding hydrogens is 207 g/mol. The van der Waals surface area contributed by atoms with Gasteiger partial charge in [0.1, 0.15) is 5.82 Å². The topological polar surface area (TPSA) is 55.1 Å². The number of carbonyl (C=O) groups is 1. The normalized spacial score (nSPS) is 15.6. The van der Waals surface area contributed by atoms with Crippen molar-refractivity contribution in [2.24, 2.45) is 11.7 Å². The summed E-state index contributed by atoms with van der Waals surface area (Å²) >= 11 is 0. The molecule has 2 rings (SSSR count). The molecule has 0 saturated heterocycles. The van der Waals surface area contributed by atoms with E-state index in [4.69, 9.17) is 5.73 Å². The molecule has 3 N–H and O–H groups in total. The lowest BCUT2D eigenvalue weighted by Gasteiger charge is -2.25. The number of primary amides is 1. The first-order chi connectivity index (χ1) is 7.66. The Labute approximate surface area is 93.8 Å².